The number of fused-ring (bicyclic) bond motifs is 2. The molecule has 15 heavy (non-hydrogen) atoms. The Morgan fingerprint density at radius 2 is 2.53 bits per heavy atom. The number of nitrogens with two attached hydrogens (primary N) is 1. The van der Waals surface area contributed by atoms with Crippen molar-refractivity contribution in [1.82, 2.24) is 10.2 Å². The molecule has 3 N–H and O–H groups in total. The first-order chi connectivity index (χ1) is 7.19. The molecule has 3 fully saturated rings. The molecule has 3 atom stereocenters. The quantitative estimate of drug-likeness (QED) is 0.607. The summed E-state index contributed by atoms with van der Waals surface area (Å²) in [6.45, 7) is 3.56. The number of carbonyl (C=O) groups is 1. The van der Waals surface area contributed by atoms with E-state index in [1.165, 1.54) is 0 Å². The van der Waals surface area contributed by atoms with Gasteiger partial charge >= 0.3 is 0 Å². The van der Waals surface area contributed by atoms with Gasteiger partial charge in [-0.25, -0.2) is 0 Å². The smallest absolute Gasteiger partial charge is 0.234 e. The molecule has 0 radical (unpaired) electrons. The van der Waals surface area contributed by atoms with E-state index in [1.807, 2.05) is 0 Å². The van der Waals surface area contributed by atoms with Gasteiger partial charge in [0.05, 0.1) is 18.2 Å². The van der Waals surface area contributed by atoms with Gasteiger partial charge in [-0.15, -0.1) is 0 Å². The van der Waals surface area contributed by atoms with Gasteiger partial charge in [-0.1, -0.05) is 0 Å². The van der Waals surface area contributed by atoms with Gasteiger partial charge in [-0.3, -0.25) is 9.69 Å². The number of primary amides is 1. The lowest BCUT2D eigenvalue weighted by molar-refractivity contribution is -0.130. The van der Waals surface area contributed by atoms with Gasteiger partial charge in [0.25, 0.3) is 0 Å². The molecule has 0 spiro atoms. The summed E-state index contributed by atoms with van der Waals surface area (Å²) < 4.78 is 5.82. The highest BCUT2D eigenvalue weighted by molar-refractivity contribution is 5.80. The monoisotopic (exact) mass is 211 g/mol. The molecular weight excluding hydrogens is 194 g/mol. The van der Waals surface area contributed by atoms with E-state index >= 15 is 0 Å². The topological polar surface area (TPSA) is 67.6 Å². The van der Waals surface area contributed by atoms with Crippen molar-refractivity contribution in [2.24, 2.45) is 5.73 Å². The summed E-state index contributed by atoms with van der Waals surface area (Å²) in [6, 6.07) is 0.473. The maximum atomic E-state index is 11.1. The molecular formula is C10H17N3O2. The summed E-state index contributed by atoms with van der Waals surface area (Å²) in [6.07, 6.45) is 1.98. The van der Waals surface area contributed by atoms with Crippen LogP contribution < -0.4 is 11.1 Å². The largest absolute Gasteiger partial charge is 0.371 e. The third-order valence-electron chi connectivity index (χ3n) is 3.87. The van der Waals surface area contributed by atoms with Crippen LogP contribution >= 0.6 is 0 Å². The lowest BCUT2D eigenvalue weighted by Crippen LogP contribution is -2.60. The van der Waals surface area contributed by atoms with Crippen molar-refractivity contribution in [3.63, 3.8) is 0 Å². The number of hydrogen-bond donors (Lipinski definition) is 2. The number of ether oxygens (including phenoxy) is 1. The van der Waals surface area contributed by atoms with Crippen LogP contribution in [0, 0.1) is 0 Å². The number of nitrogens with one attached hydrogen (secondary N) is 1. The van der Waals surface area contributed by atoms with Crippen LogP contribution in [0.2, 0.25) is 0 Å². The second kappa shape index (κ2) is 3.17. The summed E-state index contributed by atoms with van der Waals surface area (Å²) >= 11 is 0. The lowest BCUT2D eigenvalue weighted by atomic mass is 9.95. The number of nitrogens with zero attached hydrogens (tertiary/aromatic N) is 1. The predicted octanol–water partition coefficient (Wildman–Crippen LogP) is -1.32. The summed E-state index contributed by atoms with van der Waals surface area (Å²) in [4.78, 5) is 13.2. The Bertz CT molecular complexity index is 286. The van der Waals surface area contributed by atoms with Gasteiger partial charge < -0.3 is 15.8 Å². The fraction of sp³-hybridized carbons (Fsp3) is 0.900. The molecule has 0 aliphatic carbocycles. The average molecular weight is 211 g/mol. The normalized spacial score (nSPS) is 44.3. The number of likely N-dealkylation sites (tertiary alicyclic amines) is 1. The number of carbonyl (C=O) groups excluding carboxylic acids is 1. The molecule has 5 heteroatoms. The van der Waals surface area contributed by atoms with Crippen molar-refractivity contribution >= 4 is 5.91 Å². The number of morpholine rings is 1. The molecule has 3 aliphatic rings. The molecule has 5 nitrogen and oxygen atoms in total. The van der Waals surface area contributed by atoms with Gasteiger partial charge in [-0.05, 0) is 12.8 Å². The van der Waals surface area contributed by atoms with Crippen LogP contribution in [-0.2, 0) is 9.53 Å². The van der Waals surface area contributed by atoms with Crippen molar-refractivity contribution in [2.75, 3.05) is 26.2 Å². The van der Waals surface area contributed by atoms with Gasteiger partial charge in [0.2, 0.25) is 5.91 Å². The van der Waals surface area contributed by atoms with Gasteiger partial charge in [0.1, 0.15) is 0 Å². The standard InChI is InChI=1S/C10H17N3O2/c11-9(14)8-1-2-13(8)6-10-3-7(4-15-10)12-5-10/h7-8,12H,1-6H2,(H2,11,14). The van der Waals surface area contributed by atoms with Gasteiger partial charge in [0.15, 0.2) is 0 Å². The Kier molecular flexibility index (Phi) is 2.02. The molecule has 2 bridgehead atoms. The molecule has 3 aliphatic heterocycles. The van der Waals surface area contributed by atoms with E-state index in [2.05, 4.69) is 10.2 Å². The molecule has 3 saturated heterocycles. The molecule has 0 aromatic rings. The van der Waals surface area contributed by atoms with E-state index < -0.39 is 0 Å². The second-order valence-corrected chi connectivity index (χ2v) is 4.95. The zero-order valence-corrected chi connectivity index (χ0v) is 8.74. The summed E-state index contributed by atoms with van der Waals surface area (Å²) in [7, 11) is 0. The highest BCUT2D eigenvalue weighted by atomic mass is 16.5. The van der Waals surface area contributed by atoms with Crippen LogP contribution in [0.1, 0.15) is 12.8 Å². The van der Waals surface area contributed by atoms with Crippen LogP contribution in [-0.4, -0.2) is 54.7 Å². The SMILES string of the molecule is NC(=O)C1CCN1CC12CNC(CO1)C2. The predicted molar refractivity (Wildman–Crippen MR) is 54.3 cm³/mol. The molecule has 1 amide bonds. The Labute approximate surface area is 88.9 Å². The van der Waals surface area contributed by atoms with Crippen LogP contribution in [0.25, 0.3) is 0 Å². The fourth-order valence-electron chi connectivity index (χ4n) is 2.92. The fourth-order valence-corrected chi connectivity index (χ4v) is 2.92. The van der Waals surface area contributed by atoms with Crippen LogP contribution in [0.15, 0.2) is 0 Å². The first-order valence-corrected chi connectivity index (χ1v) is 5.59. The van der Waals surface area contributed by atoms with Crippen LogP contribution in [0.4, 0.5) is 0 Å². The average Bonchev–Trinajstić information content (AvgIpc) is 2.71. The number of amides is 1. The first-order valence-electron chi connectivity index (χ1n) is 5.59. The second-order valence-electron chi connectivity index (χ2n) is 4.95. The molecule has 3 rings (SSSR count). The Hall–Kier alpha value is -0.650. The van der Waals surface area contributed by atoms with Crippen LogP contribution in [0.3, 0.4) is 0 Å². The van der Waals surface area contributed by atoms with Gasteiger partial charge in [-0.2, -0.15) is 0 Å². The Balaban J connectivity index is 1.63. The summed E-state index contributed by atoms with van der Waals surface area (Å²) in [5, 5.41) is 3.43. The van der Waals surface area contributed by atoms with E-state index in [0.29, 0.717) is 6.04 Å². The van der Waals surface area contributed by atoms with Crippen LogP contribution in [0.5, 0.6) is 0 Å². The molecule has 3 unspecified atom stereocenters. The van der Waals surface area contributed by atoms with E-state index in [1.54, 1.807) is 0 Å². The molecule has 84 valence electrons. The maximum absolute atomic E-state index is 11.1. The first kappa shape index (κ1) is 9.57. The third-order valence-corrected chi connectivity index (χ3v) is 3.87. The van der Waals surface area contributed by atoms with Crippen molar-refractivity contribution in [3.05, 3.63) is 0 Å². The van der Waals surface area contributed by atoms with Gasteiger partial charge in [0, 0.05) is 25.7 Å². The third kappa shape index (κ3) is 1.46. The zero-order chi connectivity index (χ0) is 10.5. The number of hydrogen-bond acceptors (Lipinski definition) is 4. The van der Waals surface area contributed by atoms with Crippen molar-refractivity contribution in [2.45, 2.75) is 30.5 Å². The molecule has 3 heterocycles. The highest BCUT2D eigenvalue weighted by Crippen LogP contribution is 2.34. The molecule has 0 saturated carbocycles. The van der Waals surface area contributed by atoms with Crippen molar-refractivity contribution in [3.8, 4) is 0 Å². The minimum Gasteiger partial charge on any atom is -0.371 e. The zero-order valence-electron chi connectivity index (χ0n) is 8.74. The summed E-state index contributed by atoms with van der Waals surface area (Å²) in [5.41, 5.74) is 5.28. The van der Waals surface area contributed by atoms with E-state index in [0.717, 1.165) is 39.1 Å². The maximum Gasteiger partial charge on any atom is 0.234 e. The van der Waals surface area contributed by atoms with E-state index in [9.17, 15) is 4.79 Å². The minimum absolute atomic E-state index is 0.0429. The minimum atomic E-state index is -0.196. The Morgan fingerprint density at radius 1 is 1.67 bits per heavy atom. The molecule has 0 aromatic carbocycles. The van der Waals surface area contributed by atoms with E-state index in [4.69, 9.17) is 10.5 Å². The molecule has 0 aromatic heterocycles. The highest BCUT2D eigenvalue weighted by Gasteiger charge is 2.49. The van der Waals surface area contributed by atoms with E-state index in [-0.39, 0.29) is 17.6 Å². The van der Waals surface area contributed by atoms with Crippen molar-refractivity contribution in [1.29, 1.82) is 0 Å². The Morgan fingerprint density at radius 3 is 2.93 bits per heavy atom. The van der Waals surface area contributed by atoms with Crippen molar-refractivity contribution < 1.29 is 9.53 Å². The number of rotatable bonds is 3. The lowest BCUT2D eigenvalue weighted by Gasteiger charge is -2.43. The summed E-state index contributed by atoms with van der Waals surface area (Å²) in [5.74, 6) is -0.196.